The zero-order chi connectivity index (χ0) is 11.6. The lowest BCUT2D eigenvalue weighted by Crippen LogP contribution is -2.49. The van der Waals surface area contributed by atoms with Crippen LogP contribution in [0, 0.1) is 0 Å². The Hall–Kier alpha value is -0.940. The molecule has 0 bridgehead atoms. The Labute approximate surface area is 91.5 Å². The molecule has 1 aromatic rings. The molecule has 5 heteroatoms. The minimum atomic E-state index is 0.00419. The molecule has 0 saturated carbocycles. The molecule has 0 radical (unpaired) electrons. The first kappa shape index (κ1) is 12.1. The van der Waals surface area contributed by atoms with E-state index in [9.17, 15) is 0 Å². The van der Waals surface area contributed by atoms with Crippen molar-refractivity contribution in [3.05, 3.63) is 11.9 Å². The van der Waals surface area contributed by atoms with E-state index in [2.05, 4.69) is 48.5 Å². The van der Waals surface area contributed by atoms with E-state index in [1.165, 1.54) is 0 Å². The third-order valence-electron chi connectivity index (χ3n) is 3.19. The summed E-state index contributed by atoms with van der Waals surface area (Å²) in [5, 5.41) is 11.2. The summed E-state index contributed by atoms with van der Waals surface area (Å²) in [6.45, 7) is 4.39. The third-order valence-corrected chi connectivity index (χ3v) is 3.19. The molecule has 1 N–H and O–H groups in total. The second-order valence-electron chi connectivity index (χ2n) is 4.55. The SMILES string of the molecule is CNC(c1cnnn1C)C(C)(C)N(C)C. The molecule has 0 aromatic carbocycles. The quantitative estimate of drug-likeness (QED) is 0.784. The maximum Gasteiger partial charge on any atom is 0.0771 e. The van der Waals surface area contributed by atoms with Crippen LogP contribution in [0.15, 0.2) is 6.20 Å². The number of nitrogens with zero attached hydrogens (tertiary/aromatic N) is 4. The molecule has 0 amide bonds. The van der Waals surface area contributed by atoms with Crippen LogP contribution >= 0.6 is 0 Å². The average molecular weight is 211 g/mol. The summed E-state index contributed by atoms with van der Waals surface area (Å²) in [6, 6.07) is 0.201. The number of nitrogens with one attached hydrogen (secondary N) is 1. The fraction of sp³-hybridized carbons (Fsp3) is 0.800. The zero-order valence-electron chi connectivity index (χ0n) is 10.4. The fourth-order valence-corrected chi connectivity index (χ4v) is 1.68. The van der Waals surface area contributed by atoms with Crippen molar-refractivity contribution in [2.24, 2.45) is 7.05 Å². The van der Waals surface area contributed by atoms with Crippen LogP contribution in [0.4, 0.5) is 0 Å². The van der Waals surface area contributed by atoms with Crippen molar-refractivity contribution in [3.63, 3.8) is 0 Å². The highest BCUT2D eigenvalue weighted by Crippen LogP contribution is 2.27. The largest absolute Gasteiger partial charge is 0.310 e. The Balaban J connectivity index is 3.04. The summed E-state index contributed by atoms with van der Waals surface area (Å²) < 4.78 is 1.81. The van der Waals surface area contributed by atoms with Crippen molar-refractivity contribution in [1.29, 1.82) is 0 Å². The predicted molar refractivity (Wildman–Crippen MR) is 60.6 cm³/mol. The molecule has 5 nitrogen and oxygen atoms in total. The van der Waals surface area contributed by atoms with Gasteiger partial charge in [-0.05, 0) is 35.0 Å². The Bertz CT molecular complexity index is 315. The molecular weight excluding hydrogens is 190 g/mol. The molecule has 1 heterocycles. The molecular formula is C10H21N5. The molecule has 0 aliphatic heterocycles. The lowest BCUT2D eigenvalue weighted by Gasteiger charge is -2.39. The van der Waals surface area contributed by atoms with Gasteiger partial charge in [-0.2, -0.15) is 0 Å². The van der Waals surface area contributed by atoms with Gasteiger partial charge in [0, 0.05) is 12.6 Å². The maximum atomic E-state index is 3.97. The third kappa shape index (κ3) is 2.18. The molecule has 0 fully saturated rings. The van der Waals surface area contributed by atoms with Crippen molar-refractivity contribution < 1.29 is 0 Å². The van der Waals surface area contributed by atoms with Gasteiger partial charge in [0.05, 0.1) is 17.9 Å². The summed E-state index contributed by atoms with van der Waals surface area (Å²) in [5.74, 6) is 0. The van der Waals surface area contributed by atoms with Gasteiger partial charge in [-0.1, -0.05) is 5.21 Å². The lowest BCUT2D eigenvalue weighted by atomic mass is 9.91. The van der Waals surface area contributed by atoms with E-state index in [-0.39, 0.29) is 11.6 Å². The minimum absolute atomic E-state index is 0.00419. The topological polar surface area (TPSA) is 46.0 Å². The van der Waals surface area contributed by atoms with Crippen LogP contribution in [0.5, 0.6) is 0 Å². The normalized spacial score (nSPS) is 14.6. The molecule has 1 aromatic heterocycles. The second kappa shape index (κ2) is 4.28. The van der Waals surface area contributed by atoms with Crippen molar-refractivity contribution in [3.8, 4) is 0 Å². The summed E-state index contributed by atoms with van der Waals surface area (Å²) in [6.07, 6.45) is 1.81. The van der Waals surface area contributed by atoms with Crippen LogP contribution < -0.4 is 5.32 Å². The van der Waals surface area contributed by atoms with Gasteiger partial charge in [0.2, 0.25) is 0 Å². The van der Waals surface area contributed by atoms with Gasteiger partial charge in [0.1, 0.15) is 0 Å². The summed E-state index contributed by atoms with van der Waals surface area (Å²) >= 11 is 0. The molecule has 0 saturated heterocycles. The highest BCUT2D eigenvalue weighted by molar-refractivity contribution is 5.09. The first-order chi connectivity index (χ1) is 6.91. The van der Waals surface area contributed by atoms with Gasteiger partial charge >= 0.3 is 0 Å². The fourth-order valence-electron chi connectivity index (χ4n) is 1.68. The number of aryl methyl sites for hydroxylation is 1. The van der Waals surface area contributed by atoms with E-state index < -0.39 is 0 Å². The van der Waals surface area contributed by atoms with E-state index in [1.54, 1.807) is 0 Å². The Kier molecular flexibility index (Phi) is 3.46. The van der Waals surface area contributed by atoms with E-state index in [0.29, 0.717) is 0 Å². The van der Waals surface area contributed by atoms with Crippen molar-refractivity contribution in [2.75, 3.05) is 21.1 Å². The van der Waals surface area contributed by atoms with Crippen molar-refractivity contribution in [2.45, 2.75) is 25.4 Å². The maximum absolute atomic E-state index is 3.97. The van der Waals surface area contributed by atoms with Crippen LogP contribution in [0.1, 0.15) is 25.6 Å². The Morgan fingerprint density at radius 3 is 2.40 bits per heavy atom. The molecule has 0 spiro atoms. The van der Waals surface area contributed by atoms with E-state index >= 15 is 0 Å². The minimum Gasteiger partial charge on any atom is -0.310 e. The number of aromatic nitrogens is 3. The lowest BCUT2D eigenvalue weighted by molar-refractivity contribution is 0.138. The van der Waals surface area contributed by atoms with Crippen LogP contribution in [-0.4, -0.2) is 46.6 Å². The first-order valence-corrected chi connectivity index (χ1v) is 5.10. The highest BCUT2D eigenvalue weighted by Gasteiger charge is 2.33. The second-order valence-corrected chi connectivity index (χ2v) is 4.55. The Morgan fingerprint density at radius 2 is 2.07 bits per heavy atom. The number of hydrogen-bond acceptors (Lipinski definition) is 4. The monoisotopic (exact) mass is 211 g/mol. The number of rotatable bonds is 4. The summed E-state index contributed by atoms with van der Waals surface area (Å²) in [5.41, 5.74) is 1.10. The Morgan fingerprint density at radius 1 is 1.47 bits per heavy atom. The average Bonchev–Trinajstić information content (AvgIpc) is 2.53. The smallest absolute Gasteiger partial charge is 0.0771 e. The van der Waals surface area contributed by atoms with Crippen LogP contribution in [0.3, 0.4) is 0 Å². The van der Waals surface area contributed by atoms with Gasteiger partial charge in [0.25, 0.3) is 0 Å². The van der Waals surface area contributed by atoms with Crippen molar-refractivity contribution >= 4 is 0 Å². The van der Waals surface area contributed by atoms with Gasteiger partial charge in [0.15, 0.2) is 0 Å². The summed E-state index contributed by atoms with van der Waals surface area (Å²) in [4.78, 5) is 2.20. The highest BCUT2D eigenvalue weighted by atomic mass is 15.4. The molecule has 1 rings (SSSR count). The van der Waals surface area contributed by atoms with Crippen LogP contribution in [0.25, 0.3) is 0 Å². The summed E-state index contributed by atoms with van der Waals surface area (Å²) in [7, 11) is 8.03. The first-order valence-electron chi connectivity index (χ1n) is 5.10. The number of likely N-dealkylation sites (N-methyl/N-ethyl adjacent to an activating group) is 2. The van der Waals surface area contributed by atoms with Crippen LogP contribution in [0.2, 0.25) is 0 Å². The predicted octanol–water partition coefficient (Wildman–Crippen LogP) is 0.416. The van der Waals surface area contributed by atoms with E-state index in [4.69, 9.17) is 0 Å². The van der Waals surface area contributed by atoms with Gasteiger partial charge < -0.3 is 10.2 Å². The van der Waals surface area contributed by atoms with Gasteiger partial charge in [-0.3, -0.25) is 4.68 Å². The molecule has 1 atom stereocenters. The van der Waals surface area contributed by atoms with E-state index in [0.717, 1.165) is 5.69 Å². The van der Waals surface area contributed by atoms with Gasteiger partial charge in [-0.25, -0.2) is 0 Å². The molecule has 15 heavy (non-hydrogen) atoms. The van der Waals surface area contributed by atoms with E-state index in [1.807, 2.05) is 25.0 Å². The van der Waals surface area contributed by atoms with Crippen molar-refractivity contribution in [1.82, 2.24) is 25.2 Å². The van der Waals surface area contributed by atoms with Crippen LogP contribution in [-0.2, 0) is 7.05 Å². The van der Waals surface area contributed by atoms with Gasteiger partial charge in [-0.15, -0.1) is 5.10 Å². The molecule has 0 aliphatic rings. The zero-order valence-corrected chi connectivity index (χ0v) is 10.4. The molecule has 0 aliphatic carbocycles. The molecule has 86 valence electrons. The number of hydrogen-bond donors (Lipinski definition) is 1. The molecule has 1 unspecified atom stereocenters. The standard InChI is InChI=1S/C10H21N5/c1-10(2,14(4)5)9(11-3)8-7-12-13-15(8)6/h7,9,11H,1-6H3.